The lowest BCUT2D eigenvalue weighted by Crippen LogP contribution is -2.22. The zero-order valence-electron chi connectivity index (χ0n) is 15.8. The molecule has 0 fully saturated rings. The highest BCUT2D eigenvalue weighted by molar-refractivity contribution is 5.94. The van der Waals surface area contributed by atoms with Crippen molar-refractivity contribution < 1.29 is 0 Å². The SMILES string of the molecule is C=CC(C)C/C=C(\CC)N/C(C=C(C)C)=N/C(C)c1ccccc1. The fourth-order valence-corrected chi connectivity index (χ4v) is 2.27. The van der Waals surface area contributed by atoms with E-state index in [1.165, 1.54) is 16.8 Å². The van der Waals surface area contributed by atoms with Crippen LogP contribution in [0.25, 0.3) is 0 Å². The van der Waals surface area contributed by atoms with Crippen LogP contribution in [0.15, 0.2) is 71.4 Å². The maximum Gasteiger partial charge on any atom is 0.125 e. The summed E-state index contributed by atoms with van der Waals surface area (Å²) in [7, 11) is 0. The Hall–Kier alpha value is -2.09. The van der Waals surface area contributed by atoms with Crippen LogP contribution in [0, 0.1) is 5.92 Å². The number of nitrogens with zero attached hydrogens (tertiary/aromatic N) is 1. The zero-order chi connectivity index (χ0) is 17.9. The molecule has 2 atom stereocenters. The summed E-state index contributed by atoms with van der Waals surface area (Å²) in [5.74, 6) is 1.41. The van der Waals surface area contributed by atoms with Crippen molar-refractivity contribution in [1.29, 1.82) is 0 Å². The maximum absolute atomic E-state index is 4.89. The summed E-state index contributed by atoms with van der Waals surface area (Å²) >= 11 is 0. The van der Waals surface area contributed by atoms with Gasteiger partial charge in [0.05, 0.1) is 6.04 Å². The molecule has 2 nitrogen and oxygen atoms in total. The minimum Gasteiger partial charge on any atom is -0.344 e. The lowest BCUT2D eigenvalue weighted by molar-refractivity contribution is 0.734. The van der Waals surface area contributed by atoms with Gasteiger partial charge in [-0.3, -0.25) is 4.99 Å². The second-order valence-electron chi connectivity index (χ2n) is 6.48. The summed E-state index contributed by atoms with van der Waals surface area (Å²) < 4.78 is 0. The Morgan fingerprint density at radius 2 is 1.88 bits per heavy atom. The number of benzene rings is 1. The zero-order valence-corrected chi connectivity index (χ0v) is 15.8. The fourth-order valence-electron chi connectivity index (χ4n) is 2.27. The number of allylic oxidation sites excluding steroid dienone is 4. The van der Waals surface area contributed by atoms with Crippen molar-refractivity contribution in [2.45, 2.75) is 53.5 Å². The molecule has 2 heteroatoms. The van der Waals surface area contributed by atoms with Gasteiger partial charge in [-0.2, -0.15) is 0 Å². The molecule has 1 aromatic rings. The molecular weight excluding hydrogens is 292 g/mol. The Balaban J connectivity index is 2.97. The summed E-state index contributed by atoms with van der Waals surface area (Å²) in [5.41, 5.74) is 3.66. The Morgan fingerprint density at radius 1 is 1.21 bits per heavy atom. The molecule has 0 saturated heterocycles. The highest BCUT2D eigenvalue weighted by Crippen LogP contribution is 2.17. The van der Waals surface area contributed by atoms with Crippen LogP contribution in [0.4, 0.5) is 0 Å². The normalized spacial score (nSPS) is 14.7. The first-order valence-corrected chi connectivity index (χ1v) is 8.82. The van der Waals surface area contributed by atoms with Gasteiger partial charge in [-0.15, -0.1) is 6.58 Å². The molecule has 24 heavy (non-hydrogen) atoms. The summed E-state index contributed by atoms with van der Waals surface area (Å²) in [5, 5.41) is 3.52. The number of nitrogens with one attached hydrogen (secondary N) is 1. The largest absolute Gasteiger partial charge is 0.344 e. The second-order valence-corrected chi connectivity index (χ2v) is 6.48. The number of hydrogen-bond acceptors (Lipinski definition) is 1. The lowest BCUT2D eigenvalue weighted by Gasteiger charge is -2.14. The van der Waals surface area contributed by atoms with Gasteiger partial charge in [0, 0.05) is 5.70 Å². The Kier molecular flexibility index (Phi) is 8.85. The van der Waals surface area contributed by atoms with Crippen LogP contribution in [0.3, 0.4) is 0 Å². The van der Waals surface area contributed by atoms with Crippen molar-refractivity contribution in [2.75, 3.05) is 0 Å². The van der Waals surface area contributed by atoms with E-state index < -0.39 is 0 Å². The maximum atomic E-state index is 4.89. The van der Waals surface area contributed by atoms with Crippen LogP contribution in [0.5, 0.6) is 0 Å². The predicted octanol–water partition coefficient (Wildman–Crippen LogP) is 6.21. The van der Waals surface area contributed by atoms with Crippen LogP contribution in [0.1, 0.15) is 59.1 Å². The van der Waals surface area contributed by atoms with Crippen molar-refractivity contribution in [3.05, 3.63) is 72.0 Å². The predicted molar refractivity (Wildman–Crippen MR) is 107 cm³/mol. The van der Waals surface area contributed by atoms with Gasteiger partial charge in [-0.05, 0) is 51.2 Å². The third-order valence-electron chi connectivity index (χ3n) is 3.85. The summed E-state index contributed by atoms with van der Waals surface area (Å²) in [6.45, 7) is 14.5. The standard InChI is InChI=1S/C22H32N2/c1-7-18(5)14-15-21(8-2)24-22(16-17(3)4)23-19(6)20-12-10-9-11-13-20/h7,9-13,15-16,18-19H,1,8,14H2,2-6H3,(H,23,24)/b21-15+. The minimum atomic E-state index is 0.120. The van der Waals surface area contributed by atoms with E-state index in [9.17, 15) is 0 Å². The van der Waals surface area contributed by atoms with Crippen molar-refractivity contribution in [2.24, 2.45) is 10.9 Å². The van der Waals surface area contributed by atoms with Crippen LogP contribution in [-0.4, -0.2) is 5.84 Å². The van der Waals surface area contributed by atoms with Gasteiger partial charge >= 0.3 is 0 Å². The van der Waals surface area contributed by atoms with Gasteiger partial charge in [-0.25, -0.2) is 0 Å². The van der Waals surface area contributed by atoms with Crippen molar-refractivity contribution in [3.8, 4) is 0 Å². The molecular formula is C22H32N2. The third kappa shape index (κ3) is 7.45. The quantitative estimate of drug-likeness (QED) is 0.343. The van der Waals surface area contributed by atoms with Crippen LogP contribution < -0.4 is 5.32 Å². The molecule has 1 rings (SSSR count). The number of amidine groups is 1. The van der Waals surface area contributed by atoms with E-state index in [1.54, 1.807) is 0 Å². The molecule has 0 aliphatic heterocycles. The van der Waals surface area contributed by atoms with Crippen molar-refractivity contribution >= 4 is 5.84 Å². The fraction of sp³-hybridized carbons (Fsp3) is 0.409. The van der Waals surface area contributed by atoms with Crippen molar-refractivity contribution in [1.82, 2.24) is 5.32 Å². The molecule has 0 aliphatic rings. The first-order valence-electron chi connectivity index (χ1n) is 8.82. The van der Waals surface area contributed by atoms with E-state index in [0.29, 0.717) is 5.92 Å². The molecule has 0 heterocycles. The monoisotopic (exact) mass is 324 g/mol. The third-order valence-corrected chi connectivity index (χ3v) is 3.85. The van der Waals surface area contributed by atoms with Crippen LogP contribution >= 0.6 is 0 Å². The summed E-state index contributed by atoms with van der Waals surface area (Å²) in [4.78, 5) is 4.89. The Bertz CT molecular complexity index is 590. The Morgan fingerprint density at radius 3 is 2.42 bits per heavy atom. The van der Waals surface area contributed by atoms with Crippen LogP contribution in [0.2, 0.25) is 0 Å². The van der Waals surface area contributed by atoms with E-state index in [1.807, 2.05) is 12.1 Å². The van der Waals surface area contributed by atoms with E-state index in [-0.39, 0.29) is 6.04 Å². The molecule has 1 N–H and O–H groups in total. The highest BCUT2D eigenvalue weighted by Gasteiger charge is 2.06. The van der Waals surface area contributed by atoms with Gasteiger partial charge < -0.3 is 5.32 Å². The molecule has 0 bridgehead atoms. The van der Waals surface area contributed by atoms with E-state index in [0.717, 1.165) is 18.7 Å². The average molecular weight is 325 g/mol. The number of aliphatic imine (C=N–C) groups is 1. The highest BCUT2D eigenvalue weighted by atomic mass is 15.0. The van der Waals surface area contributed by atoms with Gasteiger partial charge in [0.1, 0.15) is 5.84 Å². The van der Waals surface area contributed by atoms with Gasteiger partial charge in [0.2, 0.25) is 0 Å². The topological polar surface area (TPSA) is 24.4 Å². The van der Waals surface area contributed by atoms with E-state index in [2.05, 4.69) is 82.9 Å². The van der Waals surface area contributed by atoms with Gasteiger partial charge in [0.15, 0.2) is 0 Å². The first kappa shape index (κ1) is 20.0. The summed E-state index contributed by atoms with van der Waals surface area (Å²) in [6, 6.07) is 10.5. The molecule has 0 aromatic heterocycles. The number of hydrogen-bond donors (Lipinski definition) is 1. The first-order chi connectivity index (χ1) is 11.5. The number of rotatable bonds is 8. The lowest BCUT2D eigenvalue weighted by atomic mass is 10.1. The molecule has 0 spiro atoms. The molecule has 130 valence electrons. The molecule has 2 unspecified atom stereocenters. The van der Waals surface area contributed by atoms with E-state index >= 15 is 0 Å². The molecule has 0 radical (unpaired) electrons. The molecule has 1 aromatic carbocycles. The van der Waals surface area contributed by atoms with Crippen molar-refractivity contribution in [3.63, 3.8) is 0 Å². The van der Waals surface area contributed by atoms with Crippen LogP contribution in [-0.2, 0) is 0 Å². The second kappa shape index (κ2) is 10.6. The minimum absolute atomic E-state index is 0.120. The Labute approximate surface area is 148 Å². The van der Waals surface area contributed by atoms with E-state index in [4.69, 9.17) is 4.99 Å². The smallest absolute Gasteiger partial charge is 0.125 e. The average Bonchev–Trinajstić information content (AvgIpc) is 2.58. The molecule has 0 saturated carbocycles. The summed E-state index contributed by atoms with van der Waals surface area (Å²) in [6.07, 6.45) is 8.31. The molecule has 0 aliphatic carbocycles. The van der Waals surface area contributed by atoms with Gasteiger partial charge in [-0.1, -0.05) is 61.9 Å². The van der Waals surface area contributed by atoms with Gasteiger partial charge in [0.25, 0.3) is 0 Å². The molecule has 0 amide bonds.